The van der Waals surface area contributed by atoms with Crippen LogP contribution >= 0.6 is 8.46 Å². The smallest absolute Gasteiger partial charge is 0.253 e. The van der Waals surface area contributed by atoms with Gasteiger partial charge in [0.05, 0.1) is 0 Å². The van der Waals surface area contributed by atoms with Crippen LogP contribution in [0.25, 0.3) is 6.08 Å². The second kappa shape index (κ2) is 4.30. The Morgan fingerprint density at radius 1 is 1.43 bits per heavy atom. The molecule has 0 saturated carbocycles. The summed E-state index contributed by atoms with van der Waals surface area (Å²) in [7, 11) is -0.461. The molecule has 0 aliphatic rings. The number of rotatable bonds is 3. The Morgan fingerprint density at radius 2 is 2.07 bits per heavy atom. The molecule has 1 aromatic carbocycles. The Labute approximate surface area is 84.8 Å². The summed E-state index contributed by atoms with van der Waals surface area (Å²) in [5.74, 6) is 0. The normalized spacial score (nSPS) is 10.1. The first-order chi connectivity index (χ1) is 6.61. The van der Waals surface area contributed by atoms with Crippen LogP contribution in [0.1, 0.15) is 27.0 Å². The molecule has 0 saturated heterocycles. The van der Waals surface area contributed by atoms with Gasteiger partial charge in [-0.05, 0) is 30.5 Å². The molecule has 0 N–H and O–H groups in total. The quantitative estimate of drug-likeness (QED) is 0.710. The first-order valence-electron chi connectivity index (χ1n) is 4.22. The van der Waals surface area contributed by atoms with Crippen LogP contribution in [0.15, 0.2) is 18.7 Å². The van der Waals surface area contributed by atoms with Crippen LogP contribution in [0.5, 0.6) is 0 Å². The van der Waals surface area contributed by atoms with Crippen LogP contribution in [-0.4, -0.2) is 5.52 Å². The summed E-state index contributed by atoms with van der Waals surface area (Å²) in [6, 6.07) is 3.73. The zero-order valence-electron chi connectivity index (χ0n) is 8.20. The Balaban J connectivity index is 3.46. The lowest BCUT2D eigenvalue weighted by Gasteiger charge is -2.07. The highest BCUT2D eigenvalue weighted by atomic mass is 31.1. The summed E-state index contributed by atoms with van der Waals surface area (Å²) in [6.45, 7) is 7.32. The second-order valence-electron chi connectivity index (χ2n) is 3.07. The van der Waals surface area contributed by atoms with E-state index in [2.05, 4.69) is 6.58 Å². The Hall–Kier alpha value is -1.27. The second-order valence-corrected chi connectivity index (χ2v) is 3.66. The number of benzene rings is 1. The van der Waals surface area contributed by atoms with Gasteiger partial charge in [-0.3, -0.25) is 9.36 Å². The van der Waals surface area contributed by atoms with Gasteiger partial charge in [-0.2, -0.15) is 0 Å². The van der Waals surface area contributed by atoms with Crippen LogP contribution < -0.4 is 0 Å². The van der Waals surface area contributed by atoms with Crippen molar-refractivity contribution < 1.29 is 9.36 Å². The van der Waals surface area contributed by atoms with Crippen molar-refractivity contribution in [2.24, 2.45) is 0 Å². The van der Waals surface area contributed by atoms with E-state index in [0.29, 0.717) is 5.56 Å². The minimum atomic E-state index is -0.461. The molecule has 72 valence electrons. The molecule has 0 fully saturated rings. The molecular weight excluding hydrogens is 195 g/mol. The van der Waals surface area contributed by atoms with Crippen LogP contribution in [0.4, 0.5) is 0 Å². The Morgan fingerprint density at radius 3 is 2.57 bits per heavy atom. The van der Waals surface area contributed by atoms with Crippen molar-refractivity contribution >= 4 is 20.1 Å². The maximum atomic E-state index is 11.4. The number of hydrogen-bond acceptors (Lipinski definition) is 2. The van der Waals surface area contributed by atoms with Gasteiger partial charge in [0.2, 0.25) is 8.46 Å². The van der Waals surface area contributed by atoms with Crippen molar-refractivity contribution in [1.82, 2.24) is 0 Å². The van der Waals surface area contributed by atoms with E-state index in [1.807, 2.05) is 26.0 Å². The minimum Gasteiger partial charge on any atom is -0.280 e. The van der Waals surface area contributed by atoms with Crippen molar-refractivity contribution in [1.29, 1.82) is 0 Å². The maximum absolute atomic E-state index is 11.4. The monoisotopic (exact) mass is 206 g/mol. The maximum Gasteiger partial charge on any atom is 0.253 e. The van der Waals surface area contributed by atoms with Crippen molar-refractivity contribution in [3.05, 3.63) is 41.0 Å². The summed E-state index contributed by atoms with van der Waals surface area (Å²) in [5, 5.41) is 0. The third kappa shape index (κ3) is 1.80. The van der Waals surface area contributed by atoms with Crippen molar-refractivity contribution in [2.45, 2.75) is 13.8 Å². The average molecular weight is 206 g/mol. The first kappa shape index (κ1) is 10.8. The van der Waals surface area contributed by atoms with E-state index in [0.717, 1.165) is 16.7 Å². The van der Waals surface area contributed by atoms with Gasteiger partial charge in [0, 0.05) is 5.56 Å². The molecule has 0 aliphatic heterocycles. The summed E-state index contributed by atoms with van der Waals surface area (Å²) >= 11 is 0. The zero-order valence-corrected chi connectivity index (χ0v) is 9.10. The van der Waals surface area contributed by atoms with Crippen LogP contribution in [0.2, 0.25) is 0 Å². The van der Waals surface area contributed by atoms with E-state index in [1.165, 1.54) is 0 Å². The molecule has 0 atom stereocenters. The fourth-order valence-electron chi connectivity index (χ4n) is 1.46. The van der Waals surface area contributed by atoms with E-state index < -0.39 is 8.46 Å². The molecule has 0 aliphatic carbocycles. The van der Waals surface area contributed by atoms with Crippen LogP contribution in [-0.2, 0) is 4.57 Å². The SMILES string of the molecule is C=Cc1ccc(C)c(C(=O)P=O)c1C. The lowest BCUT2D eigenvalue weighted by atomic mass is 9.98. The topological polar surface area (TPSA) is 34.1 Å². The Bertz CT molecular complexity index is 408. The molecule has 0 unspecified atom stereocenters. The summed E-state index contributed by atoms with van der Waals surface area (Å²) in [6.07, 6.45) is 1.69. The van der Waals surface area contributed by atoms with Crippen molar-refractivity contribution in [3.63, 3.8) is 0 Å². The molecule has 1 aromatic rings. The highest BCUT2D eigenvalue weighted by molar-refractivity contribution is 7.47. The third-order valence-electron chi connectivity index (χ3n) is 2.23. The predicted octanol–water partition coefficient (Wildman–Crippen LogP) is 3.38. The van der Waals surface area contributed by atoms with E-state index in [4.69, 9.17) is 0 Å². The van der Waals surface area contributed by atoms with Gasteiger partial charge < -0.3 is 0 Å². The summed E-state index contributed by atoms with van der Waals surface area (Å²) in [5.41, 5.74) is 2.76. The van der Waals surface area contributed by atoms with Gasteiger partial charge in [0.25, 0.3) is 5.52 Å². The molecule has 0 aromatic heterocycles. The Kier molecular flexibility index (Phi) is 3.32. The van der Waals surface area contributed by atoms with Gasteiger partial charge >= 0.3 is 0 Å². The van der Waals surface area contributed by atoms with Crippen LogP contribution in [0, 0.1) is 13.8 Å². The highest BCUT2D eigenvalue weighted by Crippen LogP contribution is 2.22. The molecule has 0 heterocycles. The van der Waals surface area contributed by atoms with Gasteiger partial charge in [-0.25, -0.2) is 0 Å². The van der Waals surface area contributed by atoms with Crippen molar-refractivity contribution in [3.8, 4) is 0 Å². The number of hydrogen-bond donors (Lipinski definition) is 0. The minimum absolute atomic E-state index is 0.372. The third-order valence-corrected chi connectivity index (χ3v) is 2.62. The number of carbonyl (C=O) groups is 1. The molecule has 0 amide bonds. The molecule has 1 rings (SSSR count). The fraction of sp³-hybridized carbons (Fsp3) is 0.182. The number of carbonyl (C=O) groups excluding carboxylic acids is 1. The van der Waals surface area contributed by atoms with E-state index in [1.54, 1.807) is 6.08 Å². The molecular formula is C11H11O2P. The van der Waals surface area contributed by atoms with Gasteiger partial charge in [0.1, 0.15) is 0 Å². The van der Waals surface area contributed by atoms with E-state index >= 15 is 0 Å². The summed E-state index contributed by atoms with van der Waals surface area (Å²) in [4.78, 5) is 11.4. The molecule has 0 radical (unpaired) electrons. The standard InChI is InChI=1S/C11H11O2P/c1-4-9-6-5-7(2)10(8(9)3)11(12)14-13/h4-6H,1H2,2-3H3. The number of aryl methyl sites for hydroxylation is 1. The highest BCUT2D eigenvalue weighted by Gasteiger charge is 2.13. The average Bonchev–Trinajstić information content (AvgIpc) is 2.18. The lowest BCUT2D eigenvalue weighted by Crippen LogP contribution is -1.99. The molecule has 0 bridgehead atoms. The molecule has 2 nitrogen and oxygen atoms in total. The fourth-order valence-corrected chi connectivity index (χ4v) is 1.89. The molecule has 3 heteroatoms. The molecule has 14 heavy (non-hydrogen) atoms. The molecule has 0 spiro atoms. The van der Waals surface area contributed by atoms with Crippen LogP contribution in [0.3, 0.4) is 0 Å². The van der Waals surface area contributed by atoms with Gasteiger partial charge in [0.15, 0.2) is 0 Å². The van der Waals surface area contributed by atoms with Crippen molar-refractivity contribution in [2.75, 3.05) is 0 Å². The van der Waals surface area contributed by atoms with E-state index in [9.17, 15) is 9.36 Å². The van der Waals surface area contributed by atoms with Gasteiger partial charge in [-0.15, -0.1) is 0 Å². The first-order valence-corrected chi connectivity index (χ1v) is 5.03. The van der Waals surface area contributed by atoms with E-state index in [-0.39, 0.29) is 5.52 Å². The summed E-state index contributed by atoms with van der Waals surface area (Å²) < 4.78 is 10.5. The lowest BCUT2D eigenvalue weighted by molar-refractivity contribution is 0.108. The largest absolute Gasteiger partial charge is 0.280 e. The predicted molar refractivity (Wildman–Crippen MR) is 57.9 cm³/mol. The zero-order chi connectivity index (χ0) is 10.7. The van der Waals surface area contributed by atoms with Gasteiger partial charge in [-0.1, -0.05) is 24.8 Å².